The number of hydrogen-bond donors (Lipinski definition) is 0. The van der Waals surface area contributed by atoms with E-state index in [0.717, 1.165) is 31.3 Å². The highest BCUT2D eigenvalue weighted by Gasteiger charge is 2.22. The number of rotatable bonds is 4. The van der Waals surface area contributed by atoms with Crippen LogP contribution < -0.4 is 0 Å². The van der Waals surface area contributed by atoms with Gasteiger partial charge in [0, 0.05) is 5.57 Å². The second-order valence-electron chi connectivity index (χ2n) is 4.27. The van der Waals surface area contributed by atoms with Crippen molar-refractivity contribution in [1.29, 1.82) is 0 Å². The van der Waals surface area contributed by atoms with Crippen molar-refractivity contribution in [3.8, 4) is 0 Å². The van der Waals surface area contributed by atoms with Gasteiger partial charge < -0.3 is 4.74 Å². The molecule has 0 saturated heterocycles. The van der Waals surface area contributed by atoms with Gasteiger partial charge in [-0.15, -0.1) is 0 Å². The van der Waals surface area contributed by atoms with Crippen LogP contribution in [0.3, 0.4) is 0 Å². The van der Waals surface area contributed by atoms with Crippen LogP contribution in [0.15, 0.2) is 11.6 Å². The van der Waals surface area contributed by atoms with Crippen LogP contribution in [0.2, 0.25) is 0 Å². The molecule has 1 saturated carbocycles. The second-order valence-corrected chi connectivity index (χ2v) is 4.27. The molecule has 86 valence electrons. The van der Waals surface area contributed by atoms with Gasteiger partial charge in [-0.3, -0.25) is 0 Å². The highest BCUT2D eigenvalue weighted by atomic mass is 16.5. The monoisotopic (exact) mass is 210 g/mol. The lowest BCUT2D eigenvalue weighted by Gasteiger charge is -2.23. The Bertz CT molecular complexity index is 225. The average molecular weight is 210 g/mol. The van der Waals surface area contributed by atoms with Gasteiger partial charge in [0.2, 0.25) is 0 Å². The van der Waals surface area contributed by atoms with Crippen LogP contribution in [0.25, 0.3) is 0 Å². The summed E-state index contributed by atoms with van der Waals surface area (Å²) < 4.78 is 4.86. The van der Waals surface area contributed by atoms with Crippen molar-refractivity contribution in [1.82, 2.24) is 0 Å². The molecule has 1 aliphatic rings. The van der Waals surface area contributed by atoms with Gasteiger partial charge in [-0.2, -0.15) is 0 Å². The van der Waals surface area contributed by atoms with Crippen LogP contribution in [-0.4, -0.2) is 13.1 Å². The SMILES string of the molecule is CCCC=C(C(=O)OC)C1CCCCC1. The summed E-state index contributed by atoms with van der Waals surface area (Å²) in [5.74, 6) is 0.341. The van der Waals surface area contributed by atoms with Crippen molar-refractivity contribution in [3.63, 3.8) is 0 Å². The molecule has 15 heavy (non-hydrogen) atoms. The molecule has 0 aromatic carbocycles. The Morgan fingerprint density at radius 1 is 1.33 bits per heavy atom. The maximum atomic E-state index is 11.6. The first kappa shape index (κ1) is 12.3. The Labute approximate surface area is 92.7 Å². The molecular formula is C13H22O2. The third-order valence-electron chi connectivity index (χ3n) is 3.12. The average Bonchev–Trinajstić information content (AvgIpc) is 2.30. The van der Waals surface area contributed by atoms with Crippen LogP contribution in [0, 0.1) is 5.92 Å². The predicted molar refractivity (Wildman–Crippen MR) is 61.6 cm³/mol. The molecule has 2 nitrogen and oxygen atoms in total. The minimum absolute atomic E-state index is 0.115. The fraction of sp³-hybridized carbons (Fsp3) is 0.769. The van der Waals surface area contributed by atoms with Crippen LogP contribution >= 0.6 is 0 Å². The molecule has 1 aliphatic carbocycles. The quantitative estimate of drug-likeness (QED) is 0.524. The van der Waals surface area contributed by atoms with E-state index in [4.69, 9.17) is 4.74 Å². The van der Waals surface area contributed by atoms with E-state index in [1.807, 2.05) is 0 Å². The van der Waals surface area contributed by atoms with Crippen LogP contribution in [0.4, 0.5) is 0 Å². The normalized spacial score (nSPS) is 18.9. The number of carbonyl (C=O) groups is 1. The molecule has 0 heterocycles. The van der Waals surface area contributed by atoms with E-state index < -0.39 is 0 Å². The summed E-state index contributed by atoms with van der Waals surface area (Å²) in [4.78, 5) is 11.6. The molecule has 0 aliphatic heterocycles. The highest BCUT2D eigenvalue weighted by molar-refractivity contribution is 5.88. The van der Waals surface area contributed by atoms with E-state index in [9.17, 15) is 4.79 Å². The van der Waals surface area contributed by atoms with Gasteiger partial charge in [0.05, 0.1) is 7.11 Å². The molecule has 0 unspecified atom stereocenters. The van der Waals surface area contributed by atoms with E-state index in [0.29, 0.717) is 5.92 Å². The molecule has 0 atom stereocenters. The molecule has 1 rings (SSSR count). The van der Waals surface area contributed by atoms with Gasteiger partial charge in [0.1, 0.15) is 0 Å². The number of unbranched alkanes of at least 4 members (excludes halogenated alkanes) is 1. The fourth-order valence-electron chi connectivity index (χ4n) is 2.25. The summed E-state index contributed by atoms with van der Waals surface area (Å²) in [7, 11) is 1.48. The van der Waals surface area contributed by atoms with Crippen molar-refractivity contribution >= 4 is 5.97 Å². The Hall–Kier alpha value is -0.790. The Morgan fingerprint density at radius 2 is 2.00 bits per heavy atom. The number of carbonyl (C=O) groups excluding carboxylic acids is 1. The van der Waals surface area contributed by atoms with Gasteiger partial charge in [0.15, 0.2) is 0 Å². The summed E-state index contributed by atoms with van der Waals surface area (Å²) >= 11 is 0. The van der Waals surface area contributed by atoms with Crippen molar-refractivity contribution in [2.45, 2.75) is 51.9 Å². The number of hydrogen-bond acceptors (Lipinski definition) is 2. The topological polar surface area (TPSA) is 26.3 Å². The second kappa shape index (κ2) is 6.65. The van der Waals surface area contributed by atoms with Gasteiger partial charge in [0.25, 0.3) is 0 Å². The molecule has 0 amide bonds. The van der Waals surface area contributed by atoms with E-state index in [2.05, 4.69) is 13.0 Å². The maximum Gasteiger partial charge on any atom is 0.333 e. The van der Waals surface area contributed by atoms with Crippen LogP contribution in [0.5, 0.6) is 0 Å². The zero-order valence-corrected chi connectivity index (χ0v) is 9.92. The molecular weight excluding hydrogens is 188 g/mol. The van der Waals surface area contributed by atoms with Crippen molar-refractivity contribution in [2.24, 2.45) is 5.92 Å². The summed E-state index contributed by atoms with van der Waals surface area (Å²) in [5.41, 5.74) is 0.930. The predicted octanol–water partition coefficient (Wildman–Crippen LogP) is 3.47. The molecule has 0 aromatic heterocycles. The molecule has 0 spiro atoms. The largest absolute Gasteiger partial charge is 0.466 e. The molecule has 0 bridgehead atoms. The maximum absolute atomic E-state index is 11.6. The van der Waals surface area contributed by atoms with E-state index >= 15 is 0 Å². The van der Waals surface area contributed by atoms with Gasteiger partial charge >= 0.3 is 5.97 Å². The standard InChI is InChI=1S/C13H22O2/c1-3-4-10-12(13(14)15-2)11-8-6-5-7-9-11/h10-11H,3-9H2,1-2H3. The minimum Gasteiger partial charge on any atom is -0.466 e. The van der Waals surface area contributed by atoms with Crippen molar-refractivity contribution in [3.05, 3.63) is 11.6 Å². The van der Waals surface area contributed by atoms with E-state index in [-0.39, 0.29) is 5.97 Å². The minimum atomic E-state index is -0.115. The number of allylic oxidation sites excluding steroid dienone is 1. The Morgan fingerprint density at radius 3 is 2.53 bits per heavy atom. The zero-order chi connectivity index (χ0) is 11.1. The molecule has 1 fully saturated rings. The lowest BCUT2D eigenvalue weighted by atomic mass is 9.83. The first-order chi connectivity index (χ1) is 7.29. The Kier molecular flexibility index (Phi) is 5.44. The zero-order valence-electron chi connectivity index (χ0n) is 9.92. The van der Waals surface area contributed by atoms with E-state index in [1.54, 1.807) is 0 Å². The summed E-state index contributed by atoms with van der Waals surface area (Å²) in [6.07, 6.45) is 10.3. The molecule has 2 heteroatoms. The Balaban J connectivity index is 2.65. The first-order valence-corrected chi connectivity index (χ1v) is 6.08. The summed E-state index contributed by atoms with van der Waals surface area (Å²) in [5, 5.41) is 0. The number of ether oxygens (including phenoxy) is 1. The third kappa shape index (κ3) is 3.69. The lowest BCUT2D eigenvalue weighted by molar-refractivity contribution is -0.136. The summed E-state index contributed by atoms with van der Waals surface area (Å²) in [6.45, 7) is 2.13. The lowest BCUT2D eigenvalue weighted by Crippen LogP contribution is -2.17. The number of esters is 1. The van der Waals surface area contributed by atoms with Crippen molar-refractivity contribution in [2.75, 3.05) is 7.11 Å². The van der Waals surface area contributed by atoms with Crippen molar-refractivity contribution < 1.29 is 9.53 Å². The fourth-order valence-corrected chi connectivity index (χ4v) is 2.25. The van der Waals surface area contributed by atoms with Gasteiger partial charge in [-0.1, -0.05) is 38.7 Å². The molecule has 0 radical (unpaired) electrons. The van der Waals surface area contributed by atoms with Crippen LogP contribution in [-0.2, 0) is 9.53 Å². The number of methoxy groups -OCH3 is 1. The third-order valence-corrected chi connectivity index (χ3v) is 3.12. The van der Waals surface area contributed by atoms with Gasteiger partial charge in [-0.25, -0.2) is 4.79 Å². The highest BCUT2D eigenvalue weighted by Crippen LogP contribution is 2.30. The van der Waals surface area contributed by atoms with E-state index in [1.165, 1.54) is 26.4 Å². The first-order valence-electron chi connectivity index (χ1n) is 6.08. The van der Waals surface area contributed by atoms with Crippen LogP contribution in [0.1, 0.15) is 51.9 Å². The van der Waals surface area contributed by atoms with Gasteiger partial charge in [-0.05, 0) is 25.2 Å². The molecule has 0 aromatic rings. The molecule has 0 N–H and O–H groups in total. The smallest absolute Gasteiger partial charge is 0.333 e. The summed E-state index contributed by atoms with van der Waals surface area (Å²) in [6, 6.07) is 0.